The molecule has 86 valence electrons. The van der Waals surface area contributed by atoms with Gasteiger partial charge in [-0.1, -0.05) is 42.1 Å². The van der Waals surface area contributed by atoms with Crippen molar-refractivity contribution in [1.29, 1.82) is 0 Å². The van der Waals surface area contributed by atoms with E-state index in [-0.39, 0.29) is 5.56 Å². The average molecular weight is 244 g/mol. The predicted octanol–water partition coefficient (Wildman–Crippen LogP) is 0.272. The second-order valence-electron chi connectivity index (χ2n) is 3.80. The maximum absolute atomic E-state index is 12.1. The summed E-state index contributed by atoms with van der Waals surface area (Å²) in [5, 5.41) is 0.754. The van der Waals surface area contributed by atoms with Crippen LogP contribution in [0.25, 0.3) is 0 Å². The molecule has 17 heavy (non-hydrogen) atoms. The summed E-state index contributed by atoms with van der Waals surface area (Å²) in [6, 6.07) is 9.94. The first-order valence-electron chi connectivity index (χ1n) is 5.36. The molecule has 0 aliphatic carbocycles. The van der Waals surface area contributed by atoms with Gasteiger partial charge in [-0.2, -0.15) is 0 Å². The predicted molar refractivity (Wildman–Crippen MR) is 74.0 cm³/mol. The fourth-order valence-corrected chi connectivity index (χ4v) is 2.17. The highest BCUT2D eigenvalue weighted by Crippen LogP contribution is 2.10. The lowest BCUT2D eigenvalue weighted by molar-refractivity contribution is 0.651. The SMILES string of the molecule is Bc1cnc(SC)n(Cc2ccccc2)c1=O. The number of hydrogen-bond acceptors (Lipinski definition) is 3. The highest BCUT2D eigenvalue weighted by molar-refractivity contribution is 7.98. The number of thioether (sulfide) groups is 1. The third kappa shape index (κ3) is 2.61. The van der Waals surface area contributed by atoms with Crippen LogP contribution in [-0.4, -0.2) is 23.7 Å². The first-order valence-corrected chi connectivity index (χ1v) is 6.59. The molecule has 0 spiro atoms. The number of aromatic nitrogens is 2. The van der Waals surface area contributed by atoms with Crippen LogP contribution >= 0.6 is 11.8 Å². The number of nitrogens with zero attached hydrogens (tertiary/aromatic N) is 2. The van der Waals surface area contributed by atoms with Crippen LogP contribution in [-0.2, 0) is 6.54 Å². The van der Waals surface area contributed by atoms with Crippen LogP contribution in [0.1, 0.15) is 5.56 Å². The number of rotatable bonds is 3. The van der Waals surface area contributed by atoms with E-state index in [0.29, 0.717) is 12.0 Å². The minimum Gasteiger partial charge on any atom is -0.284 e. The highest BCUT2D eigenvalue weighted by Gasteiger charge is 2.07. The zero-order valence-electron chi connectivity index (χ0n) is 9.88. The molecule has 0 saturated carbocycles. The Balaban J connectivity index is 2.45. The van der Waals surface area contributed by atoms with Gasteiger partial charge in [0, 0.05) is 6.20 Å². The summed E-state index contributed by atoms with van der Waals surface area (Å²) in [4.78, 5) is 16.3. The minimum atomic E-state index is 0.0354. The summed E-state index contributed by atoms with van der Waals surface area (Å²) in [6.45, 7) is 0.574. The summed E-state index contributed by atoms with van der Waals surface area (Å²) in [7, 11) is 1.79. The molecule has 0 amide bonds. The molecule has 1 aromatic carbocycles. The van der Waals surface area contributed by atoms with Crippen LogP contribution in [0.15, 0.2) is 46.5 Å². The Morgan fingerprint density at radius 2 is 2.06 bits per heavy atom. The Morgan fingerprint density at radius 3 is 2.71 bits per heavy atom. The molecule has 0 radical (unpaired) electrons. The molecular weight excluding hydrogens is 231 g/mol. The Kier molecular flexibility index (Phi) is 3.69. The summed E-state index contributed by atoms with van der Waals surface area (Å²) < 4.78 is 1.72. The van der Waals surface area contributed by atoms with E-state index in [9.17, 15) is 4.79 Å². The first-order chi connectivity index (χ1) is 8.22. The fraction of sp³-hybridized carbons (Fsp3) is 0.167. The van der Waals surface area contributed by atoms with Crippen LogP contribution in [0.2, 0.25) is 0 Å². The van der Waals surface area contributed by atoms with Gasteiger partial charge in [0.2, 0.25) is 5.56 Å². The Bertz CT molecular complexity index is 568. The zero-order chi connectivity index (χ0) is 12.3. The van der Waals surface area contributed by atoms with Crippen LogP contribution in [0.3, 0.4) is 0 Å². The van der Waals surface area contributed by atoms with Crippen molar-refractivity contribution >= 4 is 25.1 Å². The van der Waals surface area contributed by atoms with E-state index in [1.165, 1.54) is 11.8 Å². The first kappa shape index (κ1) is 12.0. The molecular formula is C12H13BN2OS. The third-order valence-electron chi connectivity index (χ3n) is 2.55. The van der Waals surface area contributed by atoms with Crippen molar-refractivity contribution < 1.29 is 0 Å². The molecule has 0 saturated heterocycles. The van der Waals surface area contributed by atoms with E-state index in [2.05, 4.69) is 4.98 Å². The topological polar surface area (TPSA) is 34.9 Å². The molecule has 0 N–H and O–H groups in total. The molecule has 0 aliphatic heterocycles. The van der Waals surface area contributed by atoms with E-state index in [1.807, 2.05) is 36.6 Å². The van der Waals surface area contributed by atoms with Crippen molar-refractivity contribution in [3.8, 4) is 0 Å². The van der Waals surface area contributed by atoms with Crippen molar-refractivity contribution in [2.45, 2.75) is 11.7 Å². The van der Waals surface area contributed by atoms with Crippen molar-refractivity contribution in [1.82, 2.24) is 9.55 Å². The van der Waals surface area contributed by atoms with Crippen molar-refractivity contribution in [3.63, 3.8) is 0 Å². The highest BCUT2D eigenvalue weighted by atomic mass is 32.2. The lowest BCUT2D eigenvalue weighted by Gasteiger charge is -2.10. The molecule has 2 rings (SSSR count). The fourth-order valence-electron chi connectivity index (χ4n) is 1.65. The molecule has 0 atom stereocenters. The van der Waals surface area contributed by atoms with Crippen molar-refractivity contribution in [3.05, 3.63) is 52.4 Å². The van der Waals surface area contributed by atoms with Crippen molar-refractivity contribution in [2.75, 3.05) is 6.26 Å². The van der Waals surface area contributed by atoms with E-state index < -0.39 is 0 Å². The van der Waals surface area contributed by atoms with Gasteiger partial charge in [-0.25, -0.2) is 4.98 Å². The average Bonchev–Trinajstić information content (AvgIpc) is 2.37. The van der Waals surface area contributed by atoms with Gasteiger partial charge in [0.05, 0.1) is 6.54 Å². The van der Waals surface area contributed by atoms with Crippen molar-refractivity contribution in [2.24, 2.45) is 0 Å². The van der Waals surface area contributed by atoms with Gasteiger partial charge in [0.1, 0.15) is 7.85 Å². The zero-order valence-corrected chi connectivity index (χ0v) is 10.7. The molecule has 2 aromatic rings. The largest absolute Gasteiger partial charge is 0.284 e. The van der Waals surface area contributed by atoms with Gasteiger partial charge in [-0.3, -0.25) is 9.36 Å². The second kappa shape index (κ2) is 5.23. The standard InChI is InChI=1S/C12H13BN2OS/c1-17-12-14-7-10(13)11(16)15(12)8-9-5-3-2-4-6-9/h2-7H,8,13H2,1H3. The van der Waals surface area contributed by atoms with Crippen LogP contribution in [0.5, 0.6) is 0 Å². The van der Waals surface area contributed by atoms with Gasteiger partial charge in [-0.05, 0) is 17.3 Å². The summed E-state index contributed by atoms with van der Waals surface area (Å²) in [5.41, 5.74) is 1.82. The Morgan fingerprint density at radius 1 is 1.35 bits per heavy atom. The van der Waals surface area contributed by atoms with Gasteiger partial charge in [-0.15, -0.1) is 0 Å². The third-order valence-corrected chi connectivity index (χ3v) is 3.24. The molecule has 5 heteroatoms. The smallest absolute Gasteiger partial charge is 0.247 e. The Hall–Kier alpha value is -1.49. The van der Waals surface area contributed by atoms with Crippen LogP contribution in [0.4, 0.5) is 0 Å². The monoisotopic (exact) mass is 244 g/mol. The summed E-state index contributed by atoms with van der Waals surface area (Å²) >= 11 is 1.49. The second-order valence-corrected chi connectivity index (χ2v) is 4.58. The molecule has 1 heterocycles. The molecule has 1 aromatic heterocycles. The van der Waals surface area contributed by atoms with E-state index in [0.717, 1.165) is 10.7 Å². The lowest BCUT2D eigenvalue weighted by Crippen LogP contribution is -2.36. The summed E-state index contributed by atoms with van der Waals surface area (Å²) in [6.07, 6.45) is 3.56. The van der Waals surface area contributed by atoms with Gasteiger partial charge in [0.25, 0.3) is 0 Å². The van der Waals surface area contributed by atoms with Crippen LogP contribution in [0, 0.1) is 0 Å². The number of hydrogen-bond donors (Lipinski definition) is 0. The van der Waals surface area contributed by atoms with Crippen LogP contribution < -0.4 is 11.0 Å². The minimum absolute atomic E-state index is 0.0354. The van der Waals surface area contributed by atoms with E-state index in [4.69, 9.17) is 0 Å². The lowest BCUT2D eigenvalue weighted by atomic mass is 10.0. The van der Waals surface area contributed by atoms with E-state index in [1.54, 1.807) is 18.6 Å². The quantitative estimate of drug-likeness (QED) is 0.441. The maximum Gasteiger partial charge on any atom is 0.247 e. The van der Waals surface area contributed by atoms with Gasteiger partial charge in [0.15, 0.2) is 5.16 Å². The normalized spacial score (nSPS) is 10.4. The molecule has 0 unspecified atom stereocenters. The molecule has 0 bridgehead atoms. The molecule has 0 aliphatic rings. The van der Waals surface area contributed by atoms with E-state index >= 15 is 0 Å². The van der Waals surface area contributed by atoms with Gasteiger partial charge >= 0.3 is 0 Å². The Labute approximate surface area is 105 Å². The number of benzene rings is 1. The molecule has 0 fully saturated rings. The molecule has 3 nitrogen and oxygen atoms in total. The summed E-state index contributed by atoms with van der Waals surface area (Å²) in [5.74, 6) is 0. The van der Waals surface area contributed by atoms with Gasteiger partial charge < -0.3 is 0 Å². The maximum atomic E-state index is 12.1.